The van der Waals surface area contributed by atoms with Gasteiger partial charge >= 0.3 is 0 Å². The number of nitrogens with one attached hydrogen (secondary N) is 1. The molecule has 1 unspecified atom stereocenters. The van der Waals surface area contributed by atoms with Gasteiger partial charge in [-0.15, -0.1) is 0 Å². The van der Waals surface area contributed by atoms with Crippen LogP contribution in [-0.4, -0.2) is 48.6 Å². The fourth-order valence-electron chi connectivity index (χ4n) is 3.51. The molecule has 2 saturated heterocycles. The summed E-state index contributed by atoms with van der Waals surface area (Å²) in [6.45, 7) is 8.93. The monoisotopic (exact) mass is 274 g/mol. The van der Waals surface area contributed by atoms with Gasteiger partial charge in [0.1, 0.15) is 5.82 Å². The maximum absolute atomic E-state index is 4.68. The average molecular weight is 274 g/mol. The zero-order valence-electron chi connectivity index (χ0n) is 12.5. The minimum absolute atomic E-state index is 0.742. The topological polar surface area (TPSA) is 31.4 Å². The maximum atomic E-state index is 4.68. The van der Waals surface area contributed by atoms with Crippen LogP contribution in [0.4, 0.5) is 5.82 Å². The molecule has 110 valence electrons. The highest BCUT2D eigenvalue weighted by Crippen LogP contribution is 2.25. The Balaban J connectivity index is 1.77. The SMILES string of the molecule is CCNCc1cccnc1N1CCCN2CCCC2C1. The van der Waals surface area contributed by atoms with E-state index in [9.17, 15) is 0 Å². The molecule has 20 heavy (non-hydrogen) atoms. The molecule has 1 aromatic heterocycles. The normalized spacial score (nSPS) is 23.6. The van der Waals surface area contributed by atoms with Crippen molar-refractivity contribution in [1.29, 1.82) is 0 Å². The largest absolute Gasteiger partial charge is 0.355 e. The summed E-state index contributed by atoms with van der Waals surface area (Å²) < 4.78 is 0. The molecule has 1 atom stereocenters. The van der Waals surface area contributed by atoms with Crippen molar-refractivity contribution in [3.05, 3.63) is 23.9 Å². The standard InChI is InChI=1S/C16H26N4/c1-2-17-12-14-6-3-8-18-16(14)20-11-5-10-19-9-4-7-15(19)13-20/h3,6,8,15,17H,2,4-5,7,9-13H2,1H3. The number of hydrogen-bond donors (Lipinski definition) is 1. The lowest BCUT2D eigenvalue weighted by Gasteiger charge is -2.28. The van der Waals surface area contributed by atoms with E-state index < -0.39 is 0 Å². The highest BCUT2D eigenvalue weighted by Gasteiger charge is 2.29. The molecular formula is C16H26N4. The third-order valence-corrected chi connectivity index (χ3v) is 4.54. The van der Waals surface area contributed by atoms with Crippen molar-refractivity contribution in [2.24, 2.45) is 0 Å². The van der Waals surface area contributed by atoms with Crippen molar-refractivity contribution in [2.45, 2.75) is 38.8 Å². The molecule has 0 aromatic carbocycles. The number of fused-ring (bicyclic) bond motifs is 1. The molecule has 0 radical (unpaired) electrons. The Morgan fingerprint density at radius 1 is 1.30 bits per heavy atom. The van der Waals surface area contributed by atoms with Gasteiger partial charge in [0.2, 0.25) is 0 Å². The molecule has 1 aromatic rings. The number of rotatable bonds is 4. The average Bonchev–Trinajstić information content (AvgIpc) is 2.82. The van der Waals surface area contributed by atoms with Gasteiger partial charge in [0.05, 0.1) is 0 Å². The zero-order chi connectivity index (χ0) is 13.8. The fourth-order valence-corrected chi connectivity index (χ4v) is 3.51. The number of nitrogens with zero attached hydrogens (tertiary/aromatic N) is 3. The zero-order valence-corrected chi connectivity index (χ0v) is 12.5. The van der Waals surface area contributed by atoms with Gasteiger partial charge in [0.15, 0.2) is 0 Å². The van der Waals surface area contributed by atoms with Crippen LogP contribution in [0.25, 0.3) is 0 Å². The molecule has 3 heterocycles. The van der Waals surface area contributed by atoms with Crippen LogP contribution in [-0.2, 0) is 6.54 Å². The molecule has 2 fully saturated rings. The molecule has 3 rings (SSSR count). The molecule has 0 bridgehead atoms. The summed E-state index contributed by atoms with van der Waals surface area (Å²) in [6.07, 6.45) is 5.91. The first-order chi connectivity index (χ1) is 9.88. The third-order valence-electron chi connectivity index (χ3n) is 4.54. The van der Waals surface area contributed by atoms with Gasteiger partial charge in [-0.2, -0.15) is 0 Å². The fraction of sp³-hybridized carbons (Fsp3) is 0.688. The summed E-state index contributed by atoms with van der Waals surface area (Å²) in [7, 11) is 0. The first kappa shape index (κ1) is 13.8. The Hall–Kier alpha value is -1.13. The van der Waals surface area contributed by atoms with Crippen LogP contribution in [0, 0.1) is 0 Å². The molecule has 2 aliphatic rings. The van der Waals surface area contributed by atoms with Crippen molar-refractivity contribution in [2.75, 3.05) is 37.6 Å². The van der Waals surface area contributed by atoms with Crippen LogP contribution in [0.2, 0.25) is 0 Å². The van der Waals surface area contributed by atoms with Crippen molar-refractivity contribution in [1.82, 2.24) is 15.2 Å². The van der Waals surface area contributed by atoms with Gasteiger partial charge in [-0.3, -0.25) is 4.90 Å². The second-order valence-electron chi connectivity index (χ2n) is 5.90. The van der Waals surface area contributed by atoms with E-state index in [4.69, 9.17) is 0 Å². The van der Waals surface area contributed by atoms with Crippen LogP contribution in [0.1, 0.15) is 31.7 Å². The van der Waals surface area contributed by atoms with E-state index in [2.05, 4.69) is 39.2 Å². The quantitative estimate of drug-likeness (QED) is 0.908. The Bertz CT molecular complexity index is 434. The molecule has 4 heteroatoms. The summed E-state index contributed by atoms with van der Waals surface area (Å²) in [4.78, 5) is 9.87. The van der Waals surface area contributed by atoms with E-state index in [0.29, 0.717) is 0 Å². The lowest BCUT2D eigenvalue weighted by atomic mass is 10.2. The van der Waals surface area contributed by atoms with E-state index in [1.807, 2.05) is 6.20 Å². The summed E-state index contributed by atoms with van der Waals surface area (Å²) in [6, 6.07) is 5.00. The first-order valence-electron chi connectivity index (χ1n) is 8.02. The van der Waals surface area contributed by atoms with Crippen molar-refractivity contribution in [3.8, 4) is 0 Å². The second-order valence-corrected chi connectivity index (χ2v) is 5.90. The van der Waals surface area contributed by atoms with Crippen molar-refractivity contribution >= 4 is 5.82 Å². The van der Waals surface area contributed by atoms with Gasteiger partial charge in [-0.05, 0) is 38.4 Å². The summed E-state index contributed by atoms with van der Waals surface area (Å²) in [5.41, 5.74) is 1.33. The van der Waals surface area contributed by atoms with E-state index in [1.54, 1.807) is 0 Å². The molecule has 0 saturated carbocycles. The van der Waals surface area contributed by atoms with Gasteiger partial charge in [-0.25, -0.2) is 4.98 Å². The molecular weight excluding hydrogens is 248 g/mol. The van der Waals surface area contributed by atoms with Crippen molar-refractivity contribution in [3.63, 3.8) is 0 Å². The number of hydrogen-bond acceptors (Lipinski definition) is 4. The lowest BCUT2D eigenvalue weighted by Crippen LogP contribution is -2.37. The van der Waals surface area contributed by atoms with E-state index in [0.717, 1.165) is 32.2 Å². The van der Waals surface area contributed by atoms with E-state index in [-0.39, 0.29) is 0 Å². The predicted molar refractivity (Wildman–Crippen MR) is 83.0 cm³/mol. The molecule has 0 spiro atoms. The highest BCUT2D eigenvalue weighted by atomic mass is 15.3. The van der Waals surface area contributed by atoms with Crippen LogP contribution in [0.5, 0.6) is 0 Å². The van der Waals surface area contributed by atoms with Gasteiger partial charge in [0, 0.05) is 44.0 Å². The summed E-state index contributed by atoms with van der Waals surface area (Å²) in [5.74, 6) is 1.20. The number of aromatic nitrogens is 1. The van der Waals surface area contributed by atoms with Crippen LogP contribution < -0.4 is 10.2 Å². The van der Waals surface area contributed by atoms with E-state index in [1.165, 1.54) is 43.7 Å². The van der Waals surface area contributed by atoms with Gasteiger partial charge in [-0.1, -0.05) is 13.0 Å². The predicted octanol–water partition coefficient (Wildman–Crippen LogP) is 1.87. The summed E-state index contributed by atoms with van der Waals surface area (Å²) >= 11 is 0. The van der Waals surface area contributed by atoms with E-state index >= 15 is 0 Å². The number of anilines is 1. The minimum atomic E-state index is 0.742. The van der Waals surface area contributed by atoms with Gasteiger partial charge < -0.3 is 10.2 Å². The smallest absolute Gasteiger partial charge is 0.133 e. The molecule has 2 aliphatic heterocycles. The summed E-state index contributed by atoms with van der Waals surface area (Å²) in [5, 5.41) is 3.43. The first-order valence-corrected chi connectivity index (χ1v) is 8.02. The van der Waals surface area contributed by atoms with Crippen LogP contribution >= 0.6 is 0 Å². The van der Waals surface area contributed by atoms with Crippen LogP contribution in [0.15, 0.2) is 18.3 Å². The van der Waals surface area contributed by atoms with Gasteiger partial charge in [0.25, 0.3) is 0 Å². The molecule has 0 amide bonds. The van der Waals surface area contributed by atoms with Crippen LogP contribution in [0.3, 0.4) is 0 Å². The Morgan fingerprint density at radius 3 is 3.10 bits per heavy atom. The minimum Gasteiger partial charge on any atom is -0.355 e. The Labute approximate surface area is 122 Å². The molecule has 4 nitrogen and oxygen atoms in total. The maximum Gasteiger partial charge on any atom is 0.133 e. The number of pyridine rings is 1. The Morgan fingerprint density at radius 2 is 2.20 bits per heavy atom. The highest BCUT2D eigenvalue weighted by molar-refractivity contribution is 5.47. The lowest BCUT2D eigenvalue weighted by molar-refractivity contribution is 0.273. The second kappa shape index (κ2) is 6.55. The Kier molecular flexibility index (Phi) is 4.53. The molecule has 1 N–H and O–H groups in total. The third kappa shape index (κ3) is 2.96. The molecule has 0 aliphatic carbocycles. The van der Waals surface area contributed by atoms with Crippen molar-refractivity contribution < 1.29 is 0 Å².